The van der Waals surface area contributed by atoms with Crippen LogP contribution in [0.2, 0.25) is 0 Å². The Balaban J connectivity index is 2.27. The van der Waals surface area contributed by atoms with E-state index in [-0.39, 0.29) is 11.4 Å². The summed E-state index contributed by atoms with van der Waals surface area (Å²) in [4.78, 5) is 11.7. The Morgan fingerprint density at radius 2 is 1.88 bits per heavy atom. The fraction of sp³-hybridized carbons (Fsp3) is 0.923. The van der Waals surface area contributed by atoms with Gasteiger partial charge in [0.2, 0.25) is 0 Å². The third-order valence-corrected chi connectivity index (χ3v) is 3.95. The monoisotopic (exact) mass is 228 g/mol. The Hall–Kier alpha value is -0.570. The number of esters is 1. The van der Waals surface area contributed by atoms with Crippen LogP contribution < -0.4 is 0 Å². The number of hydrogen-bond acceptors (Lipinski definition) is 2. The highest BCUT2D eigenvalue weighted by Gasteiger charge is 2.30. The molecule has 1 aliphatic heterocycles. The van der Waals surface area contributed by atoms with Gasteiger partial charge < -0.3 is 9.22 Å². The van der Waals surface area contributed by atoms with Gasteiger partial charge in [-0.1, -0.05) is 6.92 Å². The second-order valence-electron chi connectivity index (χ2n) is 5.87. The Labute approximate surface area is 99.4 Å². The fourth-order valence-corrected chi connectivity index (χ4v) is 2.02. The number of hydrogen-bond donors (Lipinski definition) is 0. The van der Waals surface area contributed by atoms with Gasteiger partial charge in [-0.15, -0.1) is 0 Å². The predicted octanol–water partition coefficient (Wildman–Crippen LogP) is 2.21. The zero-order valence-corrected chi connectivity index (χ0v) is 11.2. The van der Waals surface area contributed by atoms with Crippen molar-refractivity contribution in [1.29, 1.82) is 0 Å². The standard InChI is InChI=1S/C13H26NO2/c1-5-13(2,3)12(15)16-11-10-14(4)8-6-7-9-14/h5-11H2,1-4H3/q+1. The maximum Gasteiger partial charge on any atom is 0.311 e. The minimum atomic E-state index is -0.330. The summed E-state index contributed by atoms with van der Waals surface area (Å²) in [7, 11) is 2.26. The maximum atomic E-state index is 11.7. The Bertz CT molecular complexity index is 242. The first kappa shape index (κ1) is 13.5. The molecule has 0 aromatic heterocycles. The van der Waals surface area contributed by atoms with Crippen LogP contribution in [0, 0.1) is 5.41 Å². The van der Waals surface area contributed by atoms with Gasteiger partial charge in [0.05, 0.1) is 25.6 Å². The van der Waals surface area contributed by atoms with Gasteiger partial charge in [-0.2, -0.15) is 0 Å². The molecule has 0 aromatic rings. The number of carbonyl (C=O) groups excluding carboxylic acids is 1. The summed E-state index contributed by atoms with van der Waals surface area (Å²) < 4.78 is 6.44. The largest absolute Gasteiger partial charge is 0.459 e. The molecule has 0 bridgehead atoms. The van der Waals surface area contributed by atoms with Crippen molar-refractivity contribution in [2.75, 3.05) is 33.3 Å². The molecule has 94 valence electrons. The van der Waals surface area contributed by atoms with Crippen molar-refractivity contribution >= 4 is 5.97 Å². The lowest BCUT2D eigenvalue weighted by molar-refractivity contribution is -0.897. The number of likely N-dealkylation sites (tertiary alicyclic amines) is 1. The van der Waals surface area contributed by atoms with Gasteiger partial charge in [0.15, 0.2) is 0 Å². The lowest BCUT2D eigenvalue weighted by atomic mass is 9.91. The van der Waals surface area contributed by atoms with Crippen molar-refractivity contribution in [1.82, 2.24) is 0 Å². The van der Waals surface area contributed by atoms with Crippen LogP contribution in [0.1, 0.15) is 40.0 Å². The third kappa shape index (κ3) is 3.48. The van der Waals surface area contributed by atoms with Crippen LogP contribution in [0.25, 0.3) is 0 Å². The fourth-order valence-electron chi connectivity index (χ4n) is 2.02. The van der Waals surface area contributed by atoms with E-state index in [1.54, 1.807) is 0 Å². The number of rotatable bonds is 5. The number of nitrogens with zero attached hydrogens (tertiary/aromatic N) is 1. The Morgan fingerprint density at radius 1 is 1.31 bits per heavy atom. The quantitative estimate of drug-likeness (QED) is 0.533. The maximum absolute atomic E-state index is 11.7. The first-order valence-electron chi connectivity index (χ1n) is 6.40. The van der Waals surface area contributed by atoms with Crippen LogP contribution in [-0.4, -0.2) is 43.7 Å². The van der Waals surface area contributed by atoms with Crippen LogP contribution >= 0.6 is 0 Å². The van der Waals surface area contributed by atoms with E-state index in [2.05, 4.69) is 7.05 Å². The number of quaternary nitrogens is 1. The molecule has 0 aromatic carbocycles. The highest BCUT2D eigenvalue weighted by molar-refractivity contribution is 5.75. The van der Waals surface area contributed by atoms with Gasteiger partial charge in [-0.05, 0) is 20.3 Å². The van der Waals surface area contributed by atoms with E-state index in [1.165, 1.54) is 25.9 Å². The molecule has 1 saturated heterocycles. The summed E-state index contributed by atoms with van der Waals surface area (Å²) in [6.07, 6.45) is 3.45. The van der Waals surface area contributed by atoms with Crippen molar-refractivity contribution < 1.29 is 14.0 Å². The zero-order chi connectivity index (χ0) is 12.2. The molecule has 0 N–H and O–H groups in total. The summed E-state index contributed by atoms with van der Waals surface area (Å²) in [5.41, 5.74) is -0.330. The van der Waals surface area contributed by atoms with Crippen molar-refractivity contribution in [2.45, 2.75) is 40.0 Å². The van der Waals surface area contributed by atoms with Gasteiger partial charge >= 0.3 is 5.97 Å². The minimum Gasteiger partial charge on any atom is -0.459 e. The van der Waals surface area contributed by atoms with E-state index in [1.807, 2.05) is 20.8 Å². The lowest BCUT2D eigenvalue weighted by Crippen LogP contribution is -2.44. The van der Waals surface area contributed by atoms with Crippen molar-refractivity contribution in [2.24, 2.45) is 5.41 Å². The topological polar surface area (TPSA) is 26.3 Å². The molecule has 1 rings (SSSR count). The molecule has 1 fully saturated rings. The second kappa shape index (κ2) is 5.17. The first-order chi connectivity index (χ1) is 7.40. The van der Waals surface area contributed by atoms with Crippen molar-refractivity contribution in [3.8, 4) is 0 Å². The average molecular weight is 228 g/mol. The van der Waals surface area contributed by atoms with Crippen LogP contribution in [-0.2, 0) is 9.53 Å². The molecule has 1 heterocycles. The van der Waals surface area contributed by atoms with Gasteiger partial charge in [-0.3, -0.25) is 4.79 Å². The van der Waals surface area contributed by atoms with Gasteiger partial charge in [-0.25, -0.2) is 0 Å². The Kier molecular flexibility index (Phi) is 4.36. The third-order valence-electron chi connectivity index (χ3n) is 3.95. The molecular weight excluding hydrogens is 202 g/mol. The minimum absolute atomic E-state index is 0.0548. The summed E-state index contributed by atoms with van der Waals surface area (Å²) >= 11 is 0. The van der Waals surface area contributed by atoms with Crippen molar-refractivity contribution in [3.63, 3.8) is 0 Å². The molecule has 3 nitrogen and oxygen atoms in total. The van der Waals surface area contributed by atoms with Crippen LogP contribution in [0.15, 0.2) is 0 Å². The van der Waals surface area contributed by atoms with Crippen molar-refractivity contribution in [3.05, 3.63) is 0 Å². The number of ether oxygens (including phenoxy) is 1. The van der Waals surface area contributed by atoms with E-state index >= 15 is 0 Å². The highest BCUT2D eigenvalue weighted by Crippen LogP contribution is 2.22. The first-order valence-corrected chi connectivity index (χ1v) is 6.40. The smallest absolute Gasteiger partial charge is 0.311 e. The molecule has 0 aliphatic carbocycles. The van der Waals surface area contributed by atoms with E-state index < -0.39 is 0 Å². The molecule has 0 saturated carbocycles. The number of carbonyl (C=O) groups is 1. The zero-order valence-electron chi connectivity index (χ0n) is 11.2. The number of likely N-dealkylation sites (N-methyl/N-ethyl adjacent to an activating group) is 1. The molecule has 0 radical (unpaired) electrons. The molecular formula is C13H26NO2+. The summed E-state index contributed by atoms with van der Waals surface area (Å²) in [5.74, 6) is -0.0548. The van der Waals surface area contributed by atoms with E-state index in [0.717, 1.165) is 17.4 Å². The Morgan fingerprint density at radius 3 is 2.38 bits per heavy atom. The van der Waals surface area contributed by atoms with E-state index in [4.69, 9.17) is 4.74 Å². The summed E-state index contributed by atoms with van der Waals surface area (Å²) in [6.45, 7) is 9.91. The van der Waals surface area contributed by atoms with Gasteiger partial charge in [0.1, 0.15) is 13.2 Å². The van der Waals surface area contributed by atoms with Crippen LogP contribution in [0.5, 0.6) is 0 Å². The molecule has 0 unspecified atom stereocenters. The lowest BCUT2D eigenvalue weighted by Gasteiger charge is -2.29. The van der Waals surface area contributed by atoms with E-state index in [9.17, 15) is 4.79 Å². The average Bonchev–Trinajstić information content (AvgIpc) is 2.65. The van der Waals surface area contributed by atoms with E-state index in [0.29, 0.717) is 6.61 Å². The predicted molar refractivity (Wildman–Crippen MR) is 65.1 cm³/mol. The molecule has 0 atom stereocenters. The van der Waals surface area contributed by atoms with Crippen LogP contribution in [0.3, 0.4) is 0 Å². The second-order valence-corrected chi connectivity index (χ2v) is 5.87. The van der Waals surface area contributed by atoms with Gasteiger partial charge in [0.25, 0.3) is 0 Å². The molecule has 0 spiro atoms. The summed E-state index contributed by atoms with van der Waals surface area (Å²) in [6, 6.07) is 0. The van der Waals surface area contributed by atoms with Gasteiger partial charge in [0, 0.05) is 12.8 Å². The molecule has 16 heavy (non-hydrogen) atoms. The molecule has 3 heteroatoms. The molecule has 1 aliphatic rings. The normalized spacial score (nSPS) is 19.8. The van der Waals surface area contributed by atoms with Crippen LogP contribution in [0.4, 0.5) is 0 Å². The molecule has 0 amide bonds. The SMILES string of the molecule is CCC(C)(C)C(=O)OCC[N+]1(C)CCCC1. The highest BCUT2D eigenvalue weighted by atomic mass is 16.5. The summed E-state index contributed by atoms with van der Waals surface area (Å²) in [5, 5.41) is 0.